The van der Waals surface area contributed by atoms with Crippen molar-refractivity contribution in [2.75, 3.05) is 5.43 Å². The van der Waals surface area contributed by atoms with Crippen LogP contribution in [-0.2, 0) is 0 Å². The summed E-state index contributed by atoms with van der Waals surface area (Å²) in [6.45, 7) is 3.91. The highest BCUT2D eigenvalue weighted by atomic mass is 15.3. The van der Waals surface area contributed by atoms with E-state index < -0.39 is 0 Å². The smallest absolute Gasteiger partial charge is 0.0703 e. The Morgan fingerprint density at radius 2 is 2.13 bits per heavy atom. The second-order valence-corrected chi connectivity index (χ2v) is 3.58. The molecule has 76 valence electrons. The Hall–Kier alpha value is -1.90. The molecule has 0 aliphatic rings. The molecule has 1 aromatic carbocycles. The molecule has 0 fully saturated rings. The van der Waals surface area contributed by atoms with Crippen LogP contribution in [0.15, 0.2) is 41.6 Å². The summed E-state index contributed by atoms with van der Waals surface area (Å²) in [5, 5.41) is 5.26. The molecule has 0 bridgehead atoms. The fraction of sp³-hybridized carbons (Fsp3) is 0.167. The molecule has 0 amide bonds. The molecule has 2 rings (SSSR count). The van der Waals surface area contributed by atoms with Crippen molar-refractivity contribution in [1.82, 2.24) is 4.98 Å². The van der Waals surface area contributed by atoms with Crippen molar-refractivity contribution in [2.45, 2.75) is 13.8 Å². The first-order valence-corrected chi connectivity index (χ1v) is 4.87. The number of fused-ring (bicyclic) bond motifs is 1. The van der Waals surface area contributed by atoms with E-state index in [9.17, 15) is 0 Å². The normalized spacial score (nSPS) is 10.0. The van der Waals surface area contributed by atoms with E-state index in [1.165, 1.54) is 0 Å². The Labute approximate surface area is 88.8 Å². The highest BCUT2D eigenvalue weighted by Crippen LogP contribution is 2.16. The molecule has 2 aromatic rings. The van der Waals surface area contributed by atoms with E-state index in [0.717, 1.165) is 22.3 Å². The van der Waals surface area contributed by atoms with E-state index >= 15 is 0 Å². The number of hydrogen-bond donors (Lipinski definition) is 1. The average molecular weight is 199 g/mol. The van der Waals surface area contributed by atoms with Gasteiger partial charge in [0.2, 0.25) is 0 Å². The van der Waals surface area contributed by atoms with Crippen molar-refractivity contribution in [3.8, 4) is 0 Å². The van der Waals surface area contributed by atoms with Gasteiger partial charge in [0.25, 0.3) is 0 Å². The molecule has 3 heteroatoms. The lowest BCUT2D eigenvalue weighted by Gasteiger charge is -2.02. The average Bonchev–Trinajstić information content (AvgIpc) is 2.26. The number of nitrogens with zero attached hydrogens (tertiary/aromatic N) is 2. The molecule has 1 aromatic heterocycles. The first-order valence-electron chi connectivity index (χ1n) is 4.87. The molecule has 0 aliphatic carbocycles. The number of hydrazone groups is 1. The van der Waals surface area contributed by atoms with Gasteiger partial charge in [0.05, 0.1) is 11.2 Å². The number of nitrogens with one attached hydrogen (secondary N) is 1. The van der Waals surface area contributed by atoms with Crippen molar-refractivity contribution in [2.24, 2.45) is 5.10 Å². The third kappa shape index (κ3) is 2.31. The Balaban J connectivity index is 2.34. The Morgan fingerprint density at radius 3 is 2.93 bits per heavy atom. The highest BCUT2D eigenvalue weighted by molar-refractivity contribution is 5.83. The van der Waals surface area contributed by atoms with E-state index in [4.69, 9.17) is 0 Å². The first kappa shape index (κ1) is 9.65. The van der Waals surface area contributed by atoms with Crippen LogP contribution in [0, 0.1) is 0 Å². The molecule has 0 aliphatic heterocycles. The molecule has 3 nitrogen and oxygen atoms in total. The molecule has 1 heterocycles. The second-order valence-electron chi connectivity index (χ2n) is 3.58. The van der Waals surface area contributed by atoms with Gasteiger partial charge in [-0.3, -0.25) is 10.4 Å². The van der Waals surface area contributed by atoms with E-state index in [1.54, 1.807) is 6.20 Å². The summed E-state index contributed by atoms with van der Waals surface area (Å²) in [4.78, 5) is 4.25. The van der Waals surface area contributed by atoms with E-state index in [1.807, 2.05) is 44.2 Å². The summed E-state index contributed by atoms with van der Waals surface area (Å²) >= 11 is 0. The number of aromatic nitrogens is 1. The summed E-state index contributed by atoms with van der Waals surface area (Å²) < 4.78 is 0. The summed E-state index contributed by atoms with van der Waals surface area (Å²) in [6.07, 6.45) is 1.80. The molecule has 1 N–H and O–H groups in total. The van der Waals surface area contributed by atoms with Gasteiger partial charge < -0.3 is 0 Å². The molecular weight excluding hydrogens is 186 g/mol. The lowest BCUT2D eigenvalue weighted by molar-refractivity contribution is 1.32. The van der Waals surface area contributed by atoms with Gasteiger partial charge in [-0.15, -0.1) is 0 Å². The molecule has 0 saturated heterocycles. The molecule has 0 spiro atoms. The number of rotatable bonds is 2. The third-order valence-electron chi connectivity index (χ3n) is 2.01. The Morgan fingerprint density at radius 1 is 1.27 bits per heavy atom. The van der Waals surface area contributed by atoms with Gasteiger partial charge >= 0.3 is 0 Å². The number of benzene rings is 1. The zero-order valence-corrected chi connectivity index (χ0v) is 8.86. The van der Waals surface area contributed by atoms with E-state index in [0.29, 0.717) is 0 Å². The van der Waals surface area contributed by atoms with Crippen molar-refractivity contribution in [3.63, 3.8) is 0 Å². The first-order chi connectivity index (χ1) is 7.25. The number of anilines is 1. The zero-order chi connectivity index (χ0) is 10.7. The van der Waals surface area contributed by atoms with Gasteiger partial charge in [0, 0.05) is 17.3 Å². The van der Waals surface area contributed by atoms with E-state index in [-0.39, 0.29) is 0 Å². The molecule has 0 atom stereocenters. The summed E-state index contributed by atoms with van der Waals surface area (Å²) in [5.41, 5.74) is 5.98. The minimum absolute atomic E-state index is 0.983. The van der Waals surface area contributed by atoms with Crippen LogP contribution in [0.5, 0.6) is 0 Å². The quantitative estimate of drug-likeness (QED) is 0.596. The molecule has 0 saturated carbocycles. The maximum absolute atomic E-state index is 4.25. The number of pyridine rings is 1. The number of hydrogen-bond acceptors (Lipinski definition) is 3. The Kier molecular flexibility index (Phi) is 2.63. The zero-order valence-electron chi connectivity index (χ0n) is 8.86. The van der Waals surface area contributed by atoms with Gasteiger partial charge in [-0.2, -0.15) is 5.10 Å². The minimum atomic E-state index is 0.983. The molecule has 0 radical (unpaired) electrons. The minimum Gasteiger partial charge on any atom is -0.279 e. The lowest BCUT2D eigenvalue weighted by atomic mass is 10.2. The topological polar surface area (TPSA) is 37.3 Å². The van der Waals surface area contributed by atoms with Crippen molar-refractivity contribution < 1.29 is 0 Å². The van der Waals surface area contributed by atoms with Gasteiger partial charge in [0.1, 0.15) is 0 Å². The van der Waals surface area contributed by atoms with Crippen LogP contribution in [-0.4, -0.2) is 10.7 Å². The summed E-state index contributed by atoms with van der Waals surface area (Å²) in [6, 6.07) is 9.96. The van der Waals surface area contributed by atoms with Crippen LogP contribution < -0.4 is 5.43 Å². The third-order valence-corrected chi connectivity index (χ3v) is 2.01. The van der Waals surface area contributed by atoms with Crippen LogP contribution in [0.3, 0.4) is 0 Å². The van der Waals surface area contributed by atoms with Crippen molar-refractivity contribution in [3.05, 3.63) is 36.5 Å². The second kappa shape index (κ2) is 4.09. The fourth-order valence-electron chi connectivity index (χ4n) is 1.32. The van der Waals surface area contributed by atoms with Crippen molar-refractivity contribution in [1.29, 1.82) is 0 Å². The maximum Gasteiger partial charge on any atom is 0.0703 e. The van der Waals surface area contributed by atoms with Gasteiger partial charge in [0.15, 0.2) is 0 Å². The molecule has 0 unspecified atom stereocenters. The predicted octanol–water partition coefficient (Wildman–Crippen LogP) is 3.04. The van der Waals surface area contributed by atoms with Crippen LogP contribution in [0.1, 0.15) is 13.8 Å². The fourth-order valence-corrected chi connectivity index (χ4v) is 1.32. The SMILES string of the molecule is CC(C)=NNc1ccc2ncccc2c1. The summed E-state index contributed by atoms with van der Waals surface area (Å²) in [7, 11) is 0. The van der Waals surface area contributed by atoms with Crippen molar-refractivity contribution >= 4 is 22.3 Å². The highest BCUT2D eigenvalue weighted by Gasteiger charge is 1.94. The maximum atomic E-state index is 4.25. The summed E-state index contributed by atoms with van der Waals surface area (Å²) in [5.74, 6) is 0. The standard InChI is InChI=1S/C12H13N3/c1-9(2)14-15-11-5-6-12-10(8-11)4-3-7-13-12/h3-8,15H,1-2H3. The van der Waals surface area contributed by atoms with Gasteiger partial charge in [-0.05, 0) is 38.1 Å². The van der Waals surface area contributed by atoms with Gasteiger partial charge in [-0.1, -0.05) is 6.07 Å². The van der Waals surface area contributed by atoms with E-state index in [2.05, 4.69) is 15.5 Å². The predicted molar refractivity (Wildman–Crippen MR) is 64.1 cm³/mol. The molecule has 15 heavy (non-hydrogen) atoms. The van der Waals surface area contributed by atoms with Crippen LogP contribution in [0.2, 0.25) is 0 Å². The Bertz CT molecular complexity index is 499. The lowest BCUT2D eigenvalue weighted by Crippen LogP contribution is -1.92. The molecular formula is C12H13N3. The van der Waals surface area contributed by atoms with Crippen LogP contribution in [0.25, 0.3) is 10.9 Å². The van der Waals surface area contributed by atoms with Gasteiger partial charge in [-0.25, -0.2) is 0 Å². The van der Waals surface area contributed by atoms with Crippen LogP contribution >= 0.6 is 0 Å². The van der Waals surface area contributed by atoms with Crippen LogP contribution in [0.4, 0.5) is 5.69 Å². The largest absolute Gasteiger partial charge is 0.279 e. The monoisotopic (exact) mass is 199 g/mol.